The number of carbonyl (C=O) groups is 3. The van der Waals surface area contributed by atoms with E-state index >= 15 is 0 Å². The van der Waals surface area contributed by atoms with Crippen LogP contribution in [0.25, 0.3) is 22.4 Å². The Balaban J connectivity index is 1.58. The van der Waals surface area contributed by atoms with E-state index in [2.05, 4.69) is 20.3 Å². The summed E-state index contributed by atoms with van der Waals surface area (Å²) in [6.45, 7) is 0. The van der Waals surface area contributed by atoms with Crippen LogP contribution in [0.15, 0.2) is 67.0 Å². The van der Waals surface area contributed by atoms with Crippen LogP contribution in [0.5, 0.6) is 0 Å². The highest BCUT2D eigenvalue weighted by molar-refractivity contribution is 6.06. The fraction of sp³-hybridized carbons (Fsp3) is 0.0870. The van der Waals surface area contributed by atoms with Crippen molar-refractivity contribution >= 4 is 28.8 Å². The number of aromatic amines is 1. The Hall–Kier alpha value is -4.53. The minimum absolute atomic E-state index is 0.125. The average molecular weight is 429 g/mol. The average Bonchev–Trinajstić information content (AvgIpc) is 3.24. The maximum atomic E-state index is 13.0. The summed E-state index contributed by atoms with van der Waals surface area (Å²) in [6, 6.07) is 13.8. The molecular weight excluding hydrogens is 410 g/mol. The van der Waals surface area contributed by atoms with Gasteiger partial charge in [0.2, 0.25) is 5.91 Å². The molecule has 0 unspecified atom stereocenters. The van der Waals surface area contributed by atoms with Crippen molar-refractivity contribution in [3.8, 4) is 11.4 Å². The Morgan fingerprint density at radius 3 is 2.41 bits per heavy atom. The Kier molecular flexibility index (Phi) is 5.63. The van der Waals surface area contributed by atoms with Gasteiger partial charge in [-0.15, -0.1) is 0 Å². The van der Waals surface area contributed by atoms with Gasteiger partial charge in [0.15, 0.2) is 0 Å². The van der Waals surface area contributed by atoms with Crippen LogP contribution in [0.2, 0.25) is 0 Å². The van der Waals surface area contributed by atoms with E-state index in [0.717, 1.165) is 5.56 Å². The Morgan fingerprint density at radius 1 is 1.03 bits per heavy atom. The molecule has 160 valence electrons. The predicted octanol–water partition coefficient (Wildman–Crippen LogP) is 2.15. The number of benzene rings is 2. The highest BCUT2D eigenvalue weighted by atomic mass is 16.4. The van der Waals surface area contributed by atoms with E-state index in [4.69, 9.17) is 10.8 Å². The summed E-state index contributed by atoms with van der Waals surface area (Å²) in [7, 11) is 0. The van der Waals surface area contributed by atoms with Gasteiger partial charge >= 0.3 is 5.97 Å². The molecule has 0 fully saturated rings. The van der Waals surface area contributed by atoms with Gasteiger partial charge in [-0.05, 0) is 42.0 Å². The summed E-state index contributed by atoms with van der Waals surface area (Å²) in [5.41, 5.74) is 8.55. The molecule has 0 aliphatic rings. The molecule has 5 N–H and O–H groups in total. The predicted molar refractivity (Wildman–Crippen MR) is 117 cm³/mol. The second kappa shape index (κ2) is 8.68. The lowest BCUT2D eigenvalue weighted by molar-refractivity contribution is -0.119. The number of primary amides is 1. The zero-order valence-corrected chi connectivity index (χ0v) is 16.8. The number of carboxylic acid groups (broad SMARTS) is 1. The molecule has 0 aliphatic heterocycles. The zero-order valence-electron chi connectivity index (χ0n) is 16.8. The monoisotopic (exact) mass is 429 g/mol. The van der Waals surface area contributed by atoms with Crippen molar-refractivity contribution in [2.45, 2.75) is 12.5 Å². The highest BCUT2D eigenvalue weighted by Crippen LogP contribution is 2.22. The molecule has 2 amide bonds. The van der Waals surface area contributed by atoms with Crippen LogP contribution in [0.1, 0.15) is 26.3 Å². The lowest BCUT2D eigenvalue weighted by Gasteiger charge is -2.16. The number of aromatic carboxylic acids is 1. The molecule has 0 aliphatic carbocycles. The van der Waals surface area contributed by atoms with Crippen molar-refractivity contribution in [1.82, 2.24) is 20.3 Å². The summed E-state index contributed by atoms with van der Waals surface area (Å²) >= 11 is 0. The van der Waals surface area contributed by atoms with Crippen LogP contribution in [0.4, 0.5) is 0 Å². The third kappa shape index (κ3) is 4.31. The molecule has 1 atom stereocenters. The number of hydrogen-bond donors (Lipinski definition) is 4. The van der Waals surface area contributed by atoms with Gasteiger partial charge in [-0.2, -0.15) is 0 Å². The van der Waals surface area contributed by atoms with Crippen LogP contribution >= 0.6 is 0 Å². The number of nitrogens with one attached hydrogen (secondary N) is 2. The first-order valence-corrected chi connectivity index (χ1v) is 9.74. The van der Waals surface area contributed by atoms with Crippen molar-refractivity contribution in [3.05, 3.63) is 83.7 Å². The van der Waals surface area contributed by atoms with Crippen molar-refractivity contribution in [2.24, 2.45) is 5.73 Å². The number of nitrogens with two attached hydrogens (primary N) is 1. The molecule has 0 saturated heterocycles. The molecule has 0 saturated carbocycles. The Labute approximate surface area is 182 Å². The number of carboxylic acids is 1. The molecule has 2 heterocycles. The zero-order chi connectivity index (χ0) is 22.7. The van der Waals surface area contributed by atoms with Gasteiger partial charge in [-0.25, -0.2) is 9.78 Å². The first-order valence-electron chi connectivity index (χ1n) is 9.74. The smallest absolute Gasteiger partial charge is 0.335 e. The Bertz CT molecular complexity index is 1300. The molecule has 0 radical (unpaired) electrons. The van der Waals surface area contributed by atoms with Gasteiger partial charge in [0.25, 0.3) is 5.91 Å². The molecule has 4 aromatic rings. The number of amides is 2. The van der Waals surface area contributed by atoms with Crippen molar-refractivity contribution in [2.75, 3.05) is 0 Å². The third-order valence-electron chi connectivity index (χ3n) is 5.00. The fourth-order valence-corrected chi connectivity index (χ4v) is 3.34. The number of para-hydroxylation sites is 1. The van der Waals surface area contributed by atoms with Gasteiger partial charge in [-0.3, -0.25) is 14.6 Å². The molecular formula is C23H19N5O4. The number of rotatable bonds is 7. The van der Waals surface area contributed by atoms with Crippen LogP contribution < -0.4 is 11.1 Å². The van der Waals surface area contributed by atoms with E-state index < -0.39 is 23.8 Å². The molecule has 32 heavy (non-hydrogen) atoms. The van der Waals surface area contributed by atoms with Crippen molar-refractivity contribution in [1.29, 1.82) is 0 Å². The number of carbonyl (C=O) groups excluding carboxylic acids is 2. The van der Waals surface area contributed by atoms with E-state index in [9.17, 15) is 14.4 Å². The van der Waals surface area contributed by atoms with Crippen LogP contribution in [-0.2, 0) is 11.2 Å². The van der Waals surface area contributed by atoms with E-state index in [1.54, 1.807) is 54.9 Å². The van der Waals surface area contributed by atoms with Crippen LogP contribution in [0, 0.1) is 0 Å². The number of hydrogen-bond acceptors (Lipinski definition) is 5. The topological polar surface area (TPSA) is 151 Å². The van der Waals surface area contributed by atoms with E-state index in [1.165, 1.54) is 12.1 Å². The summed E-state index contributed by atoms with van der Waals surface area (Å²) in [4.78, 5) is 47.7. The minimum Gasteiger partial charge on any atom is -0.478 e. The van der Waals surface area contributed by atoms with Crippen molar-refractivity contribution < 1.29 is 19.5 Å². The number of imidazole rings is 1. The minimum atomic E-state index is -1.05. The normalized spacial score (nSPS) is 11.8. The molecule has 9 heteroatoms. The molecule has 0 bridgehead atoms. The molecule has 2 aromatic carbocycles. The lowest BCUT2D eigenvalue weighted by atomic mass is 10.0. The molecule has 0 spiro atoms. The van der Waals surface area contributed by atoms with E-state index in [-0.39, 0.29) is 12.0 Å². The van der Waals surface area contributed by atoms with E-state index in [0.29, 0.717) is 28.0 Å². The lowest BCUT2D eigenvalue weighted by Crippen LogP contribution is -2.45. The fourth-order valence-electron chi connectivity index (χ4n) is 3.34. The number of H-pyrrole nitrogens is 1. The highest BCUT2D eigenvalue weighted by Gasteiger charge is 2.22. The SMILES string of the molecule is NC(=O)[C@H](Cc1ccc(C(=O)O)cc1)NC(=O)c1cccc2[nH]c(-c3ccncc3)nc12. The maximum Gasteiger partial charge on any atom is 0.335 e. The van der Waals surface area contributed by atoms with Gasteiger partial charge < -0.3 is 21.1 Å². The van der Waals surface area contributed by atoms with Gasteiger partial charge in [0.1, 0.15) is 17.4 Å². The standard InChI is InChI=1S/C23H19N5O4/c24-20(29)18(12-13-4-6-15(7-5-13)23(31)32)27-22(30)16-2-1-3-17-19(16)28-21(26-17)14-8-10-25-11-9-14/h1-11,18H,12H2,(H2,24,29)(H,26,28)(H,27,30)(H,31,32)/t18-/m0/s1. The maximum absolute atomic E-state index is 13.0. The second-order valence-electron chi connectivity index (χ2n) is 7.16. The first kappa shape index (κ1) is 20.7. The summed E-state index contributed by atoms with van der Waals surface area (Å²) < 4.78 is 0. The quantitative estimate of drug-likeness (QED) is 0.353. The van der Waals surface area contributed by atoms with E-state index in [1.807, 2.05) is 0 Å². The van der Waals surface area contributed by atoms with Gasteiger partial charge in [0, 0.05) is 24.4 Å². The van der Waals surface area contributed by atoms with Gasteiger partial charge in [-0.1, -0.05) is 18.2 Å². The third-order valence-corrected chi connectivity index (χ3v) is 5.00. The number of aromatic nitrogens is 3. The van der Waals surface area contributed by atoms with Crippen LogP contribution in [0.3, 0.4) is 0 Å². The number of fused-ring (bicyclic) bond motifs is 1. The number of nitrogens with zero attached hydrogens (tertiary/aromatic N) is 2. The summed E-state index contributed by atoms with van der Waals surface area (Å²) in [5.74, 6) is -1.65. The summed E-state index contributed by atoms with van der Waals surface area (Å²) in [6.07, 6.45) is 3.42. The number of pyridine rings is 1. The summed E-state index contributed by atoms with van der Waals surface area (Å²) in [5, 5.41) is 11.7. The van der Waals surface area contributed by atoms with Gasteiger partial charge in [0.05, 0.1) is 16.6 Å². The Morgan fingerprint density at radius 2 is 1.75 bits per heavy atom. The largest absolute Gasteiger partial charge is 0.478 e. The first-order chi connectivity index (χ1) is 15.4. The molecule has 4 rings (SSSR count). The molecule has 2 aromatic heterocycles. The van der Waals surface area contributed by atoms with Crippen molar-refractivity contribution in [3.63, 3.8) is 0 Å². The molecule has 9 nitrogen and oxygen atoms in total. The van der Waals surface area contributed by atoms with Crippen LogP contribution in [-0.4, -0.2) is 43.9 Å². The second-order valence-corrected chi connectivity index (χ2v) is 7.16.